The van der Waals surface area contributed by atoms with Crippen LogP contribution in [0.5, 0.6) is 0 Å². The summed E-state index contributed by atoms with van der Waals surface area (Å²) in [6.45, 7) is 2.09. The van der Waals surface area contributed by atoms with E-state index in [4.69, 9.17) is 0 Å². The van der Waals surface area contributed by atoms with Gasteiger partial charge in [0.2, 0.25) is 0 Å². The van der Waals surface area contributed by atoms with Gasteiger partial charge in [0, 0.05) is 21.2 Å². The Labute approximate surface area is 138 Å². The van der Waals surface area contributed by atoms with Crippen molar-refractivity contribution < 1.29 is 4.39 Å². The standard InChI is InChI=1S/C17H19BrFNS/c1-12-4-3-5-16(8-12)21-11-15(20-2)9-13-6-7-14(18)10-17(13)19/h3-8,10,15,20H,9,11H2,1-2H3. The van der Waals surface area contributed by atoms with E-state index in [1.165, 1.54) is 16.5 Å². The van der Waals surface area contributed by atoms with Crippen molar-refractivity contribution in [3.63, 3.8) is 0 Å². The molecule has 0 saturated heterocycles. The number of aryl methyl sites for hydroxylation is 1. The van der Waals surface area contributed by atoms with E-state index in [1.54, 1.807) is 11.8 Å². The number of hydrogen-bond donors (Lipinski definition) is 1. The average Bonchev–Trinajstić information content (AvgIpc) is 2.45. The fourth-order valence-electron chi connectivity index (χ4n) is 2.10. The van der Waals surface area contributed by atoms with Crippen molar-refractivity contribution in [3.05, 3.63) is 63.9 Å². The normalized spacial score (nSPS) is 12.4. The molecule has 0 heterocycles. The number of hydrogen-bond acceptors (Lipinski definition) is 2. The number of benzene rings is 2. The Balaban J connectivity index is 1.97. The third kappa shape index (κ3) is 5.13. The van der Waals surface area contributed by atoms with Gasteiger partial charge in [-0.3, -0.25) is 0 Å². The van der Waals surface area contributed by atoms with Crippen LogP contribution in [0.3, 0.4) is 0 Å². The molecule has 1 nitrogen and oxygen atoms in total. The summed E-state index contributed by atoms with van der Waals surface area (Å²) in [6, 6.07) is 14.0. The second-order valence-corrected chi connectivity index (χ2v) is 7.06. The average molecular weight is 368 g/mol. The largest absolute Gasteiger partial charge is 0.316 e. The maximum absolute atomic E-state index is 13.9. The molecule has 0 radical (unpaired) electrons. The molecule has 0 spiro atoms. The van der Waals surface area contributed by atoms with Gasteiger partial charge >= 0.3 is 0 Å². The Morgan fingerprint density at radius 2 is 2.05 bits per heavy atom. The highest BCUT2D eigenvalue weighted by Crippen LogP contribution is 2.22. The Morgan fingerprint density at radius 1 is 1.24 bits per heavy atom. The van der Waals surface area contributed by atoms with Crippen molar-refractivity contribution in [1.82, 2.24) is 5.32 Å². The van der Waals surface area contributed by atoms with Gasteiger partial charge in [0.15, 0.2) is 0 Å². The quantitative estimate of drug-likeness (QED) is 0.734. The molecule has 0 aromatic heterocycles. The highest BCUT2D eigenvalue weighted by atomic mass is 79.9. The molecule has 0 aliphatic rings. The molecule has 21 heavy (non-hydrogen) atoms. The number of likely N-dealkylation sites (N-methyl/N-ethyl adjacent to an activating group) is 1. The molecule has 0 bridgehead atoms. The van der Waals surface area contributed by atoms with E-state index in [2.05, 4.69) is 52.4 Å². The number of rotatable bonds is 6. The summed E-state index contributed by atoms with van der Waals surface area (Å²) < 4.78 is 14.7. The van der Waals surface area contributed by atoms with Crippen LogP contribution in [0.1, 0.15) is 11.1 Å². The minimum atomic E-state index is -0.148. The minimum Gasteiger partial charge on any atom is -0.316 e. The smallest absolute Gasteiger partial charge is 0.127 e. The molecule has 112 valence electrons. The van der Waals surface area contributed by atoms with Crippen LogP contribution in [0.2, 0.25) is 0 Å². The molecule has 0 fully saturated rings. The van der Waals surface area contributed by atoms with Gasteiger partial charge in [-0.25, -0.2) is 4.39 Å². The van der Waals surface area contributed by atoms with Crippen molar-refractivity contribution in [1.29, 1.82) is 0 Å². The first-order valence-electron chi connectivity index (χ1n) is 6.89. The topological polar surface area (TPSA) is 12.0 Å². The van der Waals surface area contributed by atoms with Gasteiger partial charge in [-0.05, 0) is 50.2 Å². The Hall–Kier alpha value is -0.840. The summed E-state index contributed by atoms with van der Waals surface area (Å²) in [5, 5.41) is 3.28. The van der Waals surface area contributed by atoms with Gasteiger partial charge in [0.1, 0.15) is 5.82 Å². The molecule has 4 heteroatoms. The lowest BCUT2D eigenvalue weighted by molar-refractivity contribution is 0.568. The monoisotopic (exact) mass is 367 g/mol. The van der Waals surface area contributed by atoms with E-state index in [1.807, 2.05) is 19.2 Å². The second-order valence-electron chi connectivity index (χ2n) is 5.05. The molecule has 2 rings (SSSR count). The molecular formula is C17H19BrFNS. The summed E-state index contributed by atoms with van der Waals surface area (Å²) in [6.07, 6.45) is 0.689. The van der Waals surface area contributed by atoms with Crippen molar-refractivity contribution in [2.75, 3.05) is 12.8 Å². The molecule has 2 aromatic carbocycles. The van der Waals surface area contributed by atoms with Crippen LogP contribution in [-0.4, -0.2) is 18.8 Å². The van der Waals surface area contributed by atoms with Crippen molar-refractivity contribution in [2.24, 2.45) is 0 Å². The summed E-state index contributed by atoms with van der Waals surface area (Å²) in [4.78, 5) is 1.26. The predicted octanol–water partition coefficient (Wildman–Crippen LogP) is 4.82. The maximum atomic E-state index is 13.9. The van der Waals surface area contributed by atoms with Crippen LogP contribution in [0.4, 0.5) is 4.39 Å². The molecular weight excluding hydrogens is 349 g/mol. The number of halogens is 2. The van der Waals surface area contributed by atoms with Crippen molar-refractivity contribution in [3.8, 4) is 0 Å². The lowest BCUT2D eigenvalue weighted by atomic mass is 10.1. The van der Waals surface area contributed by atoms with Crippen LogP contribution in [0, 0.1) is 12.7 Å². The molecule has 1 N–H and O–H groups in total. The van der Waals surface area contributed by atoms with Crippen molar-refractivity contribution in [2.45, 2.75) is 24.3 Å². The van der Waals surface area contributed by atoms with Crippen LogP contribution >= 0.6 is 27.7 Å². The van der Waals surface area contributed by atoms with E-state index in [0.29, 0.717) is 6.42 Å². The lowest BCUT2D eigenvalue weighted by Crippen LogP contribution is -2.30. The van der Waals surface area contributed by atoms with E-state index in [-0.39, 0.29) is 11.9 Å². The zero-order chi connectivity index (χ0) is 15.2. The van der Waals surface area contributed by atoms with E-state index in [0.717, 1.165) is 15.8 Å². The van der Waals surface area contributed by atoms with Gasteiger partial charge < -0.3 is 5.32 Å². The highest BCUT2D eigenvalue weighted by Gasteiger charge is 2.11. The lowest BCUT2D eigenvalue weighted by Gasteiger charge is -2.16. The molecule has 0 saturated carbocycles. The first kappa shape index (κ1) is 16.5. The third-order valence-corrected chi connectivity index (χ3v) is 4.98. The second kappa shape index (κ2) is 7.97. The van der Waals surface area contributed by atoms with Crippen LogP contribution < -0.4 is 5.32 Å². The summed E-state index contributed by atoms with van der Waals surface area (Å²) >= 11 is 5.09. The highest BCUT2D eigenvalue weighted by molar-refractivity contribution is 9.10. The van der Waals surface area contributed by atoms with Crippen LogP contribution in [-0.2, 0) is 6.42 Å². The first-order valence-corrected chi connectivity index (χ1v) is 8.67. The fraction of sp³-hybridized carbons (Fsp3) is 0.294. The molecule has 1 atom stereocenters. The van der Waals surface area contributed by atoms with E-state index in [9.17, 15) is 4.39 Å². The SMILES string of the molecule is CNC(CSc1cccc(C)c1)Cc1ccc(Br)cc1F. The van der Waals surface area contributed by atoms with Gasteiger partial charge in [-0.1, -0.05) is 39.7 Å². The third-order valence-electron chi connectivity index (χ3n) is 3.33. The predicted molar refractivity (Wildman–Crippen MR) is 92.6 cm³/mol. The zero-order valence-corrected chi connectivity index (χ0v) is 14.6. The van der Waals surface area contributed by atoms with E-state index >= 15 is 0 Å². The van der Waals surface area contributed by atoms with Crippen LogP contribution in [0.25, 0.3) is 0 Å². The molecule has 2 aromatic rings. The molecule has 0 amide bonds. The molecule has 0 aliphatic heterocycles. The maximum Gasteiger partial charge on any atom is 0.127 e. The molecule has 1 unspecified atom stereocenters. The summed E-state index contributed by atoms with van der Waals surface area (Å²) in [7, 11) is 1.93. The Bertz CT molecular complexity index is 603. The number of nitrogens with one attached hydrogen (secondary N) is 1. The first-order chi connectivity index (χ1) is 10.1. The Morgan fingerprint density at radius 3 is 2.71 bits per heavy atom. The minimum absolute atomic E-state index is 0.148. The van der Waals surface area contributed by atoms with Crippen molar-refractivity contribution >= 4 is 27.7 Å². The van der Waals surface area contributed by atoms with Crippen LogP contribution in [0.15, 0.2) is 51.8 Å². The zero-order valence-electron chi connectivity index (χ0n) is 12.2. The summed E-state index contributed by atoms with van der Waals surface area (Å²) in [5.41, 5.74) is 2.02. The number of thioether (sulfide) groups is 1. The summed E-state index contributed by atoms with van der Waals surface area (Å²) in [5.74, 6) is 0.764. The fourth-order valence-corrected chi connectivity index (χ4v) is 3.55. The van der Waals surface area contributed by atoms with Gasteiger partial charge in [-0.2, -0.15) is 0 Å². The van der Waals surface area contributed by atoms with Gasteiger partial charge in [0.25, 0.3) is 0 Å². The Kier molecular flexibility index (Phi) is 6.27. The molecule has 0 aliphatic carbocycles. The van der Waals surface area contributed by atoms with Gasteiger partial charge in [0.05, 0.1) is 0 Å². The van der Waals surface area contributed by atoms with Gasteiger partial charge in [-0.15, -0.1) is 11.8 Å². The van der Waals surface area contributed by atoms with E-state index < -0.39 is 0 Å².